The zero-order valence-electron chi connectivity index (χ0n) is 11.3. The zero-order chi connectivity index (χ0) is 13.2. The minimum absolute atomic E-state index is 0.0574. The summed E-state index contributed by atoms with van der Waals surface area (Å²) in [6.45, 7) is 9.09. The topological polar surface area (TPSA) is 27.7 Å². The van der Waals surface area contributed by atoms with Gasteiger partial charge in [-0.3, -0.25) is 0 Å². The van der Waals surface area contributed by atoms with Crippen LogP contribution in [0.3, 0.4) is 0 Å². The summed E-state index contributed by atoms with van der Waals surface area (Å²) in [6.07, 6.45) is -0.820. The number of hydrogen-bond donors (Lipinski definition) is 0. The lowest BCUT2D eigenvalue weighted by Gasteiger charge is -2.29. The van der Waals surface area contributed by atoms with Gasteiger partial charge in [-0.1, -0.05) is 6.92 Å². The molecule has 17 heavy (non-hydrogen) atoms. The van der Waals surface area contributed by atoms with Gasteiger partial charge in [0.2, 0.25) is 0 Å². The van der Waals surface area contributed by atoms with Gasteiger partial charge in [0.05, 0.1) is 12.2 Å². The van der Waals surface area contributed by atoms with E-state index in [0.29, 0.717) is 0 Å². The van der Waals surface area contributed by atoms with Crippen molar-refractivity contribution in [2.75, 3.05) is 6.61 Å². The highest BCUT2D eigenvalue weighted by atomic mass is 19.2. The van der Waals surface area contributed by atoms with Gasteiger partial charge < -0.3 is 14.2 Å². The number of alkyl halides is 1. The van der Waals surface area contributed by atoms with Crippen molar-refractivity contribution in [2.24, 2.45) is 5.92 Å². The van der Waals surface area contributed by atoms with Crippen LogP contribution in [0.2, 0.25) is 0 Å². The summed E-state index contributed by atoms with van der Waals surface area (Å²) in [5.41, 5.74) is 0. The van der Waals surface area contributed by atoms with Crippen LogP contribution in [0.25, 0.3) is 0 Å². The monoisotopic (exact) mass is 244 g/mol. The fraction of sp³-hybridized carbons (Fsp3) is 1.00. The van der Waals surface area contributed by atoms with Gasteiger partial charge in [-0.2, -0.15) is 0 Å². The van der Waals surface area contributed by atoms with Crippen LogP contribution < -0.4 is 0 Å². The van der Waals surface area contributed by atoms with E-state index < -0.39 is 18.0 Å². The Morgan fingerprint density at radius 2 is 1.88 bits per heavy atom. The Morgan fingerprint density at radius 3 is 2.35 bits per heavy atom. The van der Waals surface area contributed by atoms with Crippen molar-refractivity contribution in [3.63, 3.8) is 0 Å². The summed E-state index contributed by atoms with van der Waals surface area (Å²) in [5.74, 6) is -2.15. The van der Waals surface area contributed by atoms with Crippen LogP contribution >= 0.6 is 0 Å². The molecule has 1 aliphatic rings. The highest BCUT2D eigenvalue weighted by molar-refractivity contribution is 6.11. The normalized spacial score (nSPS) is 38.2. The van der Waals surface area contributed by atoms with E-state index in [2.05, 4.69) is 0 Å². The largest absolute Gasteiger partial charge is 0.373 e. The number of rotatable bonds is 5. The molecule has 0 saturated carbocycles. The van der Waals surface area contributed by atoms with Gasteiger partial charge in [0.15, 0.2) is 0 Å². The quantitative estimate of drug-likeness (QED) is 0.692. The number of ether oxygens (including phenoxy) is 3. The van der Waals surface area contributed by atoms with Crippen molar-refractivity contribution < 1.29 is 18.6 Å². The van der Waals surface area contributed by atoms with Crippen molar-refractivity contribution in [1.29, 1.82) is 0 Å². The molecule has 5 heteroatoms. The summed E-state index contributed by atoms with van der Waals surface area (Å²) in [6, 6.07) is -0.653. The van der Waals surface area contributed by atoms with E-state index in [1.807, 2.05) is 34.6 Å². The smallest absolute Gasteiger partial charge is 0.259 e. The Labute approximate surface area is 104 Å². The molecule has 2 radical (unpaired) electrons. The van der Waals surface area contributed by atoms with Crippen LogP contribution in [0.15, 0.2) is 0 Å². The molecule has 1 heterocycles. The van der Waals surface area contributed by atoms with Gasteiger partial charge >= 0.3 is 0 Å². The van der Waals surface area contributed by atoms with Crippen molar-refractivity contribution in [1.82, 2.24) is 0 Å². The lowest BCUT2D eigenvalue weighted by molar-refractivity contribution is -0.220. The SMILES string of the molecule is [B][C@@H]1O[C@@](F)(COC(C)C)C(OC(C)C)[C@@H]1C. The van der Waals surface area contributed by atoms with Gasteiger partial charge in [-0.05, 0) is 27.7 Å². The average molecular weight is 244 g/mol. The van der Waals surface area contributed by atoms with Crippen molar-refractivity contribution in [3.8, 4) is 0 Å². The molecular formula is C12H22BFO3. The fourth-order valence-corrected chi connectivity index (χ4v) is 1.88. The Hall–Kier alpha value is -0.125. The zero-order valence-corrected chi connectivity index (χ0v) is 11.3. The first-order valence-electron chi connectivity index (χ1n) is 6.15. The molecule has 98 valence electrons. The molecule has 4 atom stereocenters. The van der Waals surface area contributed by atoms with Gasteiger partial charge in [0, 0.05) is 11.9 Å². The molecule has 0 N–H and O–H groups in total. The van der Waals surface area contributed by atoms with E-state index >= 15 is 0 Å². The predicted molar refractivity (Wildman–Crippen MR) is 64.7 cm³/mol. The first-order valence-corrected chi connectivity index (χ1v) is 6.15. The van der Waals surface area contributed by atoms with E-state index in [4.69, 9.17) is 22.1 Å². The molecule has 0 aromatic carbocycles. The predicted octanol–water partition coefficient (Wildman–Crippen LogP) is 2.03. The highest BCUT2D eigenvalue weighted by Crippen LogP contribution is 2.38. The van der Waals surface area contributed by atoms with Gasteiger partial charge in [-0.25, -0.2) is 4.39 Å². The Bertz CT molecular complexity index is 250. The molecule has 1 fully saturated rings. The lowest BCUT2D eigenvalue weighted by atomic mass is 9.85. The van der Waals surface area contributed by atoms with E-state index in [1.54, 1.807) is 0 Å². The number of halogens is 1. The van der Waals surface area contributed by atoms with E-state index in [-0.39, 0.29) is 24.7 Å². The fourth-order valence-electron chi connectivity index (χ4n) is 1.88. The Balaban J connectivity index is 2.72. The van der Waals surface area contributed by atoms with Crippen LogP contribution in [-0.4, -0.2) is 44.6 Å². The van der Waals surface area contributed by atoms with Crippen LogP contribution in [0, 0.1) is 5.92 Å². The molecule has 1 rings (SSSR count). The molecule has 0 amide bonds. The maximum atomic E-state index is 14.6. The van der Waals surface area contributed by atoms with Gasteiger partial charge in [0.1, 0.15) is 20.6 Å². The molecule has 1 aliphatic heterocycles. The van der Waals surface area contributed by atoms with Crippen LogP contribution in [-0.2, 0) is 14.2 Å². The molecule has 0 bridgehead atoms. The second kappa shape index (κ2) is 5.68. The third-order valence-corrected chi connectivity index (χ3v) is 2.78. The minimum atomic E-state index is -1.95. The van der Waals surface area contributed by atoms with Crippen molar-refractivity contribution >= 4 is 7.85 Å². The summed E-state index contributed by atoms with van der Waals surface area (Å²) < 4.78 is 30.7. The summed E-state index contributed by atoms with van der Waals surface area (Å²) in [5, 5.41) is 0. The standard InChI is InChI=1S/C12H22BFO3/c1-7(2)15-6-12(14)10(16-8(3)4)9(5)11(13)17-12/h7-11H,6H2,1-5H3/t9-,10?,11+,12-/m0/s1. The lowest BCUT2D eigenvalue weighted by Crippen LogP contribution is -2.44. The van der Waals surface area contributed by atoms with Gasteiger partial charge in [-0.15, -0.1) is 0 Å². The van der Waals surface area contributed by atoms with E-state index in [9.17, 15) is 4.39 Å². The molecule has 0 aromatic rings. The first kappa shape index (κ1) is 14.9. The molecular weight excluding hydrogens is 222 g/mol. The van der Waals surface area contributed by atoms with Crippen molar-refractivity contribution in [3.05, 3.63) is 0 Å². The molecule has 3 nitrogen and oxygen atoms in total. The molecule has 0 aliphatic carbocycles. The molecule has 1 saturated heterocycles. The highest BCUT2D eigenvalue weighted by Gasteiger charge is 2.53. The van der Waals surface area contributed by atoms with Gasteiger partial charge in [0.25, 0.3) is 5.85 Å². The second-order valence-electron chi connectivity index (χ2n) is 5.19. The van der Waals surface area contributed by atoms with Crippen LogP contribution in [0.5, 0.6) is 0 Å². The Morgan fingerprint density at radius 1 is 1.29 bits per heavy atom. The van der Waals surface area contributed by atoms with E-state index in [0.717, 1.165) is 0 Å². The molecule has 0 spiro atoms. The summed E-state index contributed by atoms with van der Waals surface area (Å²) in [4.78, 5) is 0. The summed E-state index contributed by atoms with van der Waals surface area (Å²) in [7, 11) is 5.73. The molecule has 1 unspecified atom stereocenters. The maximum absolute atomic E-state index is 14.6. The maximum Gasteiger partial charge on any atom is 0.259 e. The first-order chi connectivity index (χ1) is 7.76. The molecule has 0 aromatic heterocycles. The van der Waals surface area contributed by atoms with Crippen LogP contribution in [0.4, 0.5) is 4.39 Å². The number of hydrogen-bond acceptors (Lipinski definition) is 3. The third-order valence-electron chi connectivity index (χ3n) is 2.78. The Kier molecular flexibility index (Phi) is 4.99. The minimum Gasteiger partial charge on any atom is -0.373 e. The van der Waals surface area contributed by atoms with Crippen LogP contribution in [0.1, 0.15) is 34.6 Å². The third kappa shape index (κ3) is 3.67. The average Bonchev–Trinajstić information content (AvgIpc) is 2.40. The van der Waals surface area contributed by atoms with E-state index in [1.165, 1.54) is 0 Å². The summed E-state index contributed by atoms with van der Waals surface area (Å²) >= 11 is 0. The van der Waals surface area contributed by atoms with Crippen molar-refractivity contribution in [2.45, 2.75) is 64.8 Å². The second-order valence-corrected chi connectivity index (χ2v) is 5.19.